The number of methoxy groups -OCH3 is 1. The van der Waals surface area contributed by atoms with Crippen LogP contribution in [0.1, 0.15) is 128 Å². The van der Waals surface area contributed by atoms with Gasteiger partial charge in [-0.25, -0.2) is 9.97 Å². The molecule has 1 aliphatic carbocycles. The zero-order valence-electron chi connectivity index (χ0n) is 37.7. The summed E-state index contributed by atoms with van der Waals surface area (Å²) in [7, 11) is 3.37. The summed E-state index contributed by atoms with van der Waals surface area (Å²) in [6.07, 6.45) is 4.51. The largest absolute Gasteiger partial charge is 0.493 e. The number of rotatable bonds is 21. The quantitative estimate of drug-likeness (QED) is 0.0358. The molecule has 2 atom stereocenters. The predicted octanol–water partition coefficient (Wildman–Crippen LogP) is 7.97. The number of nitrogens with zero attached hydrogens (tertiary/aromatic N) is 4. The molecule has 3 aliphatic rings. The van der Waals surface area contributed by atoms with Crippen molar-refractivity contribution in [2.24, 2.45) is 5.41 Å². The Morgan fingerprint density at radius 3 is 2.41 bits per heavy atom. The highest BCUT2D eigenvalue weighted by molar-refractivity contribution is 6.25. The fourth-order valence-electron chi connectivity index (χ4n) is 8.72. The van der Waals surface area contributed by atoms with E-state index >= 15 is 0 Å². The summed E-state index contributed by atoms with van der Waals surface area (Å²) >= 11 is 0. The number of alkyl halides is 3. The number of nitrogens with two attached hydrogens (primary N) is 1. The summed E-state index contributed by atoms with van der Waals surface area (Å²) in [5, 5.41) is 9.36. The van der Waals surface area contributed by atoms with Gasteiger partial charge in [0.25, 0.3) is 11.8 Å². The lowest BCUT2D eigenvalue weighted by Crippen LogP contribution is -2.54. The third kappa shape index (κ3) is 11.0. The topological polar surface area (TPSA) is 198 Å². The van der Waals surface area contributed by atoms with E-state index in [0.29, 0.717) is 71.4 Å². The number of piperidine rings is 1. The first-order valence-electron chi connectivity index (χ1n) is 22.5. The van der Waals surface area contributed by atoms with Crippen LogP contribution in [-0.2, 0) is 20.6 Å². The number of amides is 5. The summed E-state index contributed by atoms with van der Waals surface area (Å²) in [5.41, 5.74) is 6.79. The van der Waals surface area contributed by atoms with E-state index in [-0.39, 0.29) is 41.0 Å². The number of aryl methyl sites for hydroxylation is 1. The van der Waals surface area contributed by atoms with Gasteiger partial charge in [-0.15, -0.1) is 0 Å². The molecule has 2 fully saturated rings. The first-order valence-corrected chi connectivity index (χ1v) is 22.5. The molecule has 2 aliphatic heterocycles. The standard InChI is InChI=1S/C48H57F3N8O7/c1-28(30-21-31(48(49,50)51)23-32(52)22-30)54-43-34-24-39(38(65-4)25-36(34)55-29(2)56-43)66-27-47(18-19-47)26-58(3)41(61)15-10-8-6-5-7-9-11-20-53-35-14-12-13-33-42(35)46(64)59(45(33)63)37-16-17-40(60)57-44(37)62/h12-14,21-25,28,37,53H,5-11,15-20,26-27,52H2,1-4H3,(H,54,55,56)(H,57,60,62)/t28-,37?/m1/s1. The van der Waals surface area contributed by atoms with Crippen molar-refractivity contribution in [2.45, 2.75) is 109 Å². The second kappa shape index (κ2) is 20.0. The number of hydrogen-bond acceptors (Lipinski definition) is 12. The van der Waals surface area contributed by atoms with E-state index in [4.69, 9.17) is 15.2 Å². The van der Waals surface area contributed by atoms with Gasteiger partial charge in [0, 0.05) is 61.2 Å². The van der Waals surface area contributed by atoms with Gasteiger partial charge in [-0.2, -0.15) is 13.2 Å². The minimum absolute atomic E-state index is 0.00509. The summed E-state index contributed by atoms with van der Waals surface area (Å²) in [4.78, 5) is 75.5. The molecule has 352 valence electrons. The van der Waals surface area contributed by atoms with Crippen LogP contribution in [-0.4, -0.2) is 89.2 Å². The van der Waals surface area contributed by atoms with Crippen LogP contribution in [0.4, 0.5) is 30.4 Å². The zero-order chi connectivity index (χ0) is 47.3. The molecule has 18 heteroatoms. The third-order valence-electron chi connectivity index (χ3n) is 12.6. The number of nitrogens with one attached hydrogen (secondary N) is 3. The van der Waals surface area contributed by atoms with Crippen LogP contribution in [0.15, 0.2) is 48.5 Å². The minimum atomic E-state index is -4.55. The van der Waals surface area contributed by atoms with Gasteiger partial charge in [-0.05, 0) is 87.9 Å². The van der Waals surface area contributed by atoms with Gasteiger partial charge in [-0.1, -0.05) is 38.2 Å². The number of anilines is 3. The number of ether oxygens (including phenoxy) is 2. The van der Waals surface area contributed by atoms with Gasteiger partial charge < -0.3 is 30.7 Å². The van der Waals surface area contributed by atoms with Crippen molar-refractivity contribution in [1.82, 2.24) is 25.1 Å². The van der Waals surface area contributed by atoms with E-state index < -0.39 is 47.5 Å². The van der Waals surface area contributed by atoms with Gasteiger partial charge in [0.2, 0.25) is 17.7 Å². The molecule has 0 bridgehead atoms. The predicted molar refractivity (Wildman–Crippen MR) is 242 cm³/mol. The fourth-order valence-corrected chi connectivity index (χ4v) is 8.72. The van der Waals surface area contributed by atoms with Crippen molar-refractivity contribution in [2.75, 3.05) is 50.2 Å². The monoisotopic (exact) mass is 914 g/mol. The highest BCUT2D eigenvalue weighted by atomic mass is 19.4. The maximum Gasteiger partial charge on any atom is 0.416 e. The second-order valence-electron chi connectivity index (χ2n) is 17.8. The molecule has 7 rings (SSSR count). The van der Waals surface area contributed by atoms with E-state index in [0.717, 1.165) is 74.8 Å². The van der Waals surface area contributed by atoms with Gasteiger partial charge in [-0.3, -0.25) is 34.2 Å². The summed E-state index contributed by atoms with van der Waals surface area (Å²) < 4.78 is 52.7. The highest BCUT2D eigenvalue weighted by Gasteiger charge is 2.46. The molecular weight excluding hydrogens is 858 g/mol. The lowest BCUT2D eigenvalue weighted by Gasteiger charge is -2.27. The molecule has 3 heterocycles. The molecule has 1 unspecified atom stereocenters. The van der Waals surface area contributed by atoms with Crippen LogP contribution in [0.5, 0.6) is 11.5 Å². The van der Waals surface area contributed by atoms with Crippen molar-refractivity contribution >= 4 is 57.6 Å². The lowest BCUT2D eigenvalue weighted by molar-refractivity contribution is -0.138. The van der Waals surface area contributed by atoms with Crippen LogP contribution in [0, 0.1) is 12.3 Å². The maximum atomic E-state index is 13.6. The normalized spacial score (nSPS) is 17.1. The Hall–Kier alpha value is -6.46. The fraction of sp³-hybridized carbons (Fsp3) is 0.479. The number of halogens is 3. The van der Waals surface area contributed by atoms with Crippen LogP contribution in [0.25, 0.3) is 10.9 Å². The minimum Gasteiger partial charge on any atom is -0.493 e. The Bertz CT molecular complexity index is 2510. The molecule has 5 N–H and O–H groups in total. The van der Waals surface area contributed by atoms with Crippen molar-refractivity contribution in [1.29, 1.82) is 0 Å². The molecule has 5 amide bonds. The van der Waals surface area contributed by atoms with E-state index in [1.165, 1.54) is 13.2 Å². The molecule has 0 radical (unpaired) electrons. The number of nitrogen functional groups attached to an aromatic ring is 1. The smallest absolute Gasteiger partial charge is 0.416 e. The number of unbranched alkanes of at least 4 members (excludes halogenated alkanes) is 6. The molecule has 3 aromatic carbocycles. The summed E-state index contributed by atoms with van der Waals surface area (Å²) in [6, 6.07) is 10.5. The summed E-state index contributed by atoms with van der Waals surface area (Å²) in [5.74, 6) is -0.223. The molecule has 0 spiro atoms. The van der Waals surface area contributed by atoms with E-state index in [2.05, 4.69) is 25.9 Å². The van der Waals surface area contributed by atoms with E-state index in [1.807, 2.05) is 7.05 Å². The van der Waals surface area contributed by atoms with Crippen LogP contribution in [0.3, 0.4) is 0 Å². The zero-order valence-corrected chi connectivity index (χ0v) is 37.7. The lowest BCUT2D eigenvalue weighted by atomic mass is 10.0. The number of fused-ring (bicyclic) bond motifs is 2. The van der Waals surface area contributed by atoms with Gasteiger partial charge in [0.05, 0.1) is 42.0 Å². The Labute approximate surface area is 381 Å². The Morgan fingerprint density at radius 1 is 0.985 bits per heavy atom. The summed E-state index contributed by atoms with van der Waals surface area (Å²) in [6.45, 7) is 4.97. The van der Waals surface area contributed by atoms with Crippen LogP contribution in [0.2, 0.25) is 0 Å². The Morgan fingerprint density at radius 2 is 1.71 bits per heavy atom. The molecule has 1 saturated heterocycles. The molecule has 1 aromatic heterocycles. The highest BCUT2D eigenvalue weighted by Crippen LogP contribution is 2.47. The average Bonchev–Trinajstić information content (AvgIpc) is 3.99. The first-order chi connectivity index (χ1) is 31.5. The molecule has 15 nitrogen and oxygen atoms in total. The van der Waals surface area contributed by atoms with Crippen LogP contribution >= 0.6 is 0 Å². The van der Waals surface area contributed by atoms with Gasteiger partial charge in [0.1, 0.15) is 17.7 Å². The number of aromatic nitrogens is 2. The maximum absolute atomic E-state index is 13.6. The third-order valence-corrected chi connectivity index (χ3v) is 12.6. The second-order valence-corrected chi connectivity index (χ2v) is 17.8. The van der Waals surface area contributed by atoms with Crippen LogP contribution < -0.4 is 31.2 Å². The van der Waals surface area contributed by atoms with E-state index in [9.17, 15) is 37.1 Å². The Balaban J connectivity index is 0.824. The first kappa shape index (κ1) is 47.5. The molecule has 1 saturated carbocycles. The Kier molecular flexibility index (Phi) is 14.4. The number of carbonyl (C=O) groups is 5. The number of hydrogen-bond donors (Lipinski definition) is 4. The molecule has 4 aromatic rings. The number of carbonyl (C=O) groups excluding carboxylic acids is 5. The van der Waals surface area contributed by atoms with Gasteiger partial charge in [0.15, 0.2) is 11.5 Å². The van der Waals surface area contributed by atoms with Crippen molar-refractivity contribution in [3.8, 4) is 11.5 Å². The van der Waals surface area contributed by atoms with Crippen molar-refractivity contribution in [3.63, 3.8) is 0 Å². The van der Waals surface area contributed by atoms with Crippen molar-refractivity contribution < 1.29 is 46.6 Å². The number of benzene rings is 3. The number of imide groups is 2. The average molecular weight is 915 g/mol. The van der Waals surface area contributed by atoms with Gasteiger partial charge >= 0.3 is 6.18 Å². The SMILES string of the molecule is COc1cc2nc(C)nc(N[C@H](C)c3cc(N)cc(C(F)(F)F)c3)c2cc1OCC1(CN(C)C(=O)CCCCCCCCCNc2cccc3c2C(=O)N(C2CCC(=O)NC2=O)C3=O)CC1. The molecule has 66 heavy (non-hydrogen) atoms. The van der Waals surface area contributed by atoms with Crippen molar-refractivity contribution in [3.05, 3.63) is 76.6 Å². The molecular formula is C48H57F3N8O7. The van der Waals surface area contributed by atoms with E-state index in [1.54, 1.807) is 49.1 Å².